The van der Waals surface area contributed by atoms with Crippen molar-refractivity contribution in [3.63, 3.8) is 0 Å². The molecule has 1 heterocycles. The maximum atomic E-state index is 12.5. The summed E-state index contributed by atoms with van der Waals surface area (Å²) < 4.78 is 1.91. The number of nitrogens with one attached hydrogen (secondary N) is 1. The molecule has 1 N–H and O–H groups in total. The molecule has 0 saturated heterocycles. The average molecular weight is 377 g/mol. The number of hydrogen-bond acceptors (Lipinski definition) is 6. The molecule has 0 unspecified atom stereocenters. The van der Waals surface area contributed by atoms with Crippen LogP contribution in [-0.4, -0.2) is 38.5 Å². The first-order valence-corrected chi connectivity index (χ1v) is 9.79. The van der Waals surface area contributed by atoms with Crippen molar-refractivity contribution in [2.45, 2.75) is 30.4 Å². The molecule has 0 saturated carbocycles. The molecule has 1 aromatic heterocycles. The average Bonchev–Trinajstić information content (AvgIpc) is 2.93. The lowest BCUT2D eigenvalue weighted by Gasteiger charge is -2.10. The van der Waals surface area contributed by atoms with Gasteiger partial charge in [0.1, 0.15) is 5.82 Å². The molecule has 1 amide bonds. The number of thioether (sulfide) groups is 2. The van der Waals surface area contributed by atoms with Gasteiger partial charge in [0.05, 0.1) is 11.4 Å². The van der Waals surface area contributed by atoms with Gasteiger partial charge in [-0.2, -0.15) is 0 Å². The minimum Gasteiger partial charge on any atom is -0.325 e. The lowest BCUT2D eigenvalue weighted by atomic mass is 10.1. The van der Waals surface area contributed by atoms with Crippen molar-refractivity contribution in [1.82, 2.24) is 14.8 Å². The molecular weight excluding hydrogens is 356 g/mol. The largest absolute Gasteiger partial charge is 0.325 e. The number of nitrogens with zero attached hydrogens (tertiary/aromatic N) is 3. The third kappa shape index (κ3) is 4.96. The Morgan fingerprint density at radius 3 is 2.76 bits per heavy atom. The van der Waals surface area contributed by atoms with E-state index in [1.54, 1.807) is 24.3 Å². The number of carbonyl (C=O) groups excluding carboxylic acids is 2. The van der Waals surface area contributed by atoms with Crippen molar-refractivity contribution in [2.24, 2.45) is 0 Å². The van der Waals surface area contributed by atoms with Gasteiger partial charge in [0.15, 0.2) is 10.9 Å². The number of allylic oxidation sites excluding steroid dienone is 1. The number of amides is 1. The van der Waals surface area contributed by atoms with Crippen LogP contribution in [0.25, 0.3) is 0 Å². The summed E-state index contributed by atoms with van der Waals surface area (Å²) in [6.07, 6.45) is 3.68. The molecule has 1 aromatic carbocycles. The molecule has 25 heavy (non-hydrogen) atoms. The lowest BCUT2D eigenvalue weighted by molar-refractivity contribution is -0.114. The van der Waals surface area contributed by atoms with Gasteiger partial charge in [-0.1, -0.05) is 17.8 Å². The Bertz CT molecular complexity index is 802. The number of hydrogen-bond donors (Lipinski definition) is 1. The zero-order chi connectivity index (χ0) is 18.4. The van der Waals surface area contributed by atoms with E-state index < -0.39 is 0 Å². The third-order valence-electron chi connectivity index (χ3n) is 3.38. The zero-order valence-electron chi connectivity index (χ0n) is 14.4. The van der Waals surface area contributed by atoms with Crippen LogP contribution in [0, 0.1) is 6.92 Å². The van der Waals surface area contributed by atoms with E-state index in [9.17, 15) is 9.59 Å². The van der Waals surface area contributed by atoms with Crippen molar-refractivity contribution in [3.8, 4) is 0 Å². The summed E-state index contributed by atoms with van der Waals surface area (Å²) >= 11 is 2.84. The minimum atomic E-state index is -0.137. The number of carbonyl (C=O) groups is 2. The van der Waals surface area contributed by atoms with Crippen LogP contribution in [0.2, 0.25) is 0 Å². The van der Waals surface area contributed by atoms with Crippen LogP contribution in [0.3, 0.4) is 0 Å². The fraction of sp³-hybridized carbons (Fsp3) is 0.294. The molecule has 132 valence electrons. The molecule has 6 nitrogen and oxygen atoms in total. The van der Waals surface area contributed by atoms with Gasteiger partial charge in [0, 0.05) is 23.9 Å². The summed E-state index contributed by atoms with van der Waals surface area (Å²) in [4.78, 5) is 24.6. The Morgan fingerprint density at radius 2 is 2.12 bits per heavy atom. The van der Waals surface area contributed by atoms with E-state index in [0.29, 0.717) is 23.0 Å². The SMILES string of the molecule is C=CCn1c(C)nnc1SCC(=O)c1ccc(NC(C)=O)c(SC)c1. The quantitative estimate of drug-likeness (QED) is 0.432. The molecule has 0 fully saturated rings. The Labute approximate surface area is 155 Å². The van der Waals surface area contributed by atoms with Crippen LogP contribution in [-0.2, 0) is 11.3 Å². The Balaban J connectivity index is 2.11. The summed E-state index contributed by atoms with van der Waals surface area (Å²) in [5, 5.41) is 11.6. The predicted octanol–water partition coefficient (Wildman–Crippen LogP) is 3.43. The summed E-state index contributed by atoms with van der Waals surface area (Å²) in [6, 6.07) is 5.29. The molecular formula is C17H20N4O2S2. The van der Waals surface area contributed by atoms with E-state index in [2.05, 4.69) is 22.1 Å². The van der Waals surface area contributed by atoms with E-state index in [-0.39, 0.29) is 17.4 Å². The normalized spacial score (nSPS) is 10.5. The Kier molecular flexibility index (Phi) is 6.83. The molecule has 2 aromatic rings. The summed E-state index contributed by atoms with van der Waals surface area (Å²) in [7, 11) is 0. The predicted molar refractivity (Wildman–Crippen MR) is 103 cm³/mol. The number of aromatic nitrogens is 3. The second kappa shape index (κ2) is 8.87. The standard InChI is InChI=1S/C17H20N4O2S2/c1-5-8-21-11(2)19-20-17(21)25-10-15(23)13-6-7-14(18-12(3)22)16(9-13)24-4/h5-7,9H,1,8,10H2,2-4H3,(H,18,22). The highest BCUT2D eigenvalue weighted by Crippen LogP contribution is 2.27. The molecule has 0 atom stereocenters. The van der Waals surface area contributed by atoms with Crippen molar-refractivity contribution >= 4 is 40.9 Å². The van der Waals surface area contributed by atoms with E-state index in [0.717, 1.165) is 10.7 Å². The highest BCUT2D eigenvalue weighted by molar-refractivity contribution is 7.99. The van der Waals surface area contributed by atoms with Crippen LogP contribution in [0.1, 0.15) is 23.1 Å². The smallest absolute Gasteiger partial charge is 0.221 e. The van der Waals surface area contributed by atoms with E-state index in [1.165, 1.54) is 30.4 Å². The molecule has 0 bridgehead atoms. The molecule has 8 heteroatoms. The van der Waals surface area contributed by atoms with Crippen molar-refractivity contribution in [2.75, 3.05) is 17.3 Å². The number of benzene rings is 1. The third-order valence-corrected chi connectivity index (χ3v) is 5.12. The number of rotatable bonds is 8. The lowest BCUT2D eigenvalue weighted by Crippen LogP contribution is -2.09. The van der Waals surface area contributed by atoms with Gasteiger partial charge < -0.3 is 9.88 Å². The van der Waals surface area contributed by atoms with Gasteiger partial charge in [0.2, 0.25) is 5.91 Å². The molecule has 2 rings (SSSR count). The maximum Gasteiger partial charge on any atom is 0.221 e. The molecule has 0 spiro atoms. The number of Topliss-reactive ketones (excluding diaryl/α,β-unsaturated/α-hetero) is 1. The maximum absolute atomic E-state index is 12.5. The van der Waals surface area contributed by atoms with Gasteiger partial charge in [0.25, 0.3) is 0 Å². The molecule has 0 radical (unpaired) electrons. The van der Waals surface area contributed by atoms with Crippen LogP contribution >= 0.6 is 23.5 Å². The van der Waals surface area contributed by atoms with Crippen LogP contribution in [0.15, 0.2) is 40.9 Å². The highest BCUT2D eigenvalue weighted by atomic mass is 32.2. The Morgan fingerprint density at radius 1 is 1.36 bits per heavy atom. The van der Waals surface area contributed by atoms with Gasteiger partial charge in [-0.25, -0.2) is 0 Å². The second-order valence-electron chi connectivity index (χ2n) is 5.24. The number of aryl methyl sites for hydroxylation is 1. The summed E-state index contributed by atoms with van der Waals surface area (Å²) in [5.41, 5.74) is 1.32. The fourth-order valence-corrected chi connectivity index (χ4v) is 3.65. The van der Waals surface area contributed by atoms with Crippen molar-refractivity contribution in [1.29, 1.82) is 0 Å². The summed E-state index contributed by atoms with van der Waals surface area (Å²) in [6.45, 7) is 7.66. The van der Waals surface area contributed by atoms with Crippen LogP contribution in [0.4, 0.5) is 5.69 Å². The van der Waals surface area contributed by atoms with E-state index >= 15 is 0 Å². The summed E-state index contributed by atoms with van der Waals surface area (Å²) in [5.74, 6) is 0.921. The van der Waals surface area contributed by atoms with Crippen molar-refractivity contribution in [3.05, 3.63) is 42.2 Å². The molecule has 0 aliphatic heterocycles. The topological polar surface area (TPSA) is 76.9 Å². The first-order chi connectivity index (χ1) is 12.0. The first-order valence-electron chi connectivity index (χ1n) is 7.58. The van der Waals surface area contributed by atoms with Crippen molar-refractivity contribution < 1.29 is 9.59 Å². The van der Waals surface area contributed by atoms with Crippen LogP contribution in [0.5, 0.6) is 0 Å². The zero-order valence-corrected chi connectivity index (χ0v) is 16.0. The number of ketones is 1. The number of anilines is 1. The first kappa shape index (κ1) is 19.3. The van der Waals surface area contributed by atoms with Crippen LogP contribution < -0.4 is 5.32 Å². The Hall–Kier alpha value is -2.06. The molecule has 0 aliphatic carbocycles. The second-order valence-corrected chi connectivity index (χ2v) is 7.03. The molecule has 0 aliphatic rings. The monoisotopic (exact) mass is 376 g/mol. The minimum absolute atomic E-state index is 0.000445. The van der Waals surface area contributed by atoms with Gasteiger partial charge in [-0.3, -0.25) is 9.59 Å². The van der Waals surface area contributed by atoms with E-state index in [1.807, 2.05) is 17.7 Å². The highest BCUT2D eigenvalue weighted by Gasteiger charge is 2.14. The fourth-order valence-electron chi connectivity index (χ4n) is 2.18. The van der Waals surface area contributed by atoms with Gasteiger partial charge in [-0.05, 0) is 31.4 Å². The van der Waals surface area contributed by atoms with Gasteiger partial charge in [-0.15, -0.1) is 28.5 Å². The van der Waals surface area contributed by atoms with E-state index in [4.69, 9.17) is 0 Å². The van der Waals surface area contributed by atoms with Gasteiger partial charge >= 0.3 is 0 Å².